The fraction of sp³-hybridized carbons (Fsp3) is 0.455. The molecular weight excluding hydrogens is 182 g/mol. The Labute approximate surface area is 83.1 Å². The number of hydrogen-bond donors (Lipinski definition) is 1. The van der Waals surface area contributed by atoms with Crippen molar-refractivity contribution in [1.82, 2.24) is 5.32 Å². The lowest BCUT2D eigenvalue weighted by Gasteiger charge is -2.04. The number of benzene rings is 1. The van der Waals surface area contributed by atoms with Gasteiger partial charge in [0, 0.05) is 5.02 Å². The molecule has 1 N–H and O–H groups in total. The average molecular weight is 194 g/mol. The molecule has 0 bridgehead atoms. The highest BCUT2D eigenvalue weighted by atomic mass is 35.5. The van der Waals surface area contributed by atoms with Crippen LogP contribution < -0.4 is 5.32 Å². The van der Waals surface area contributed by atoms with Gasteiger partial charge in [-0.3, -0.25) is 0 Å². The SMILES string of the molecule is Clc1cccc(C2C3CNCC32)c1. The summed E-state index contributed by atoms with van der Waals surface area (Å²) in [7, 11) is 0. The molecule has 1 heterocycles. The maximum atomic E-state index is 5.96. The van der Waals surface area contributed by atoms with E-state index in [1.807, 2.05) is 6.07 Å². The number of piperidine rings is 1. The molecule has 0 amide bonds. The third kappa shape index (κ3) is 1.18. The highest BCUT2D eigenvalue weighted by molar-refractivity contribution is 6.30. The molecule has 1 saturated carbocycles. The van der Waals surface area contributed by atoms with E-state index in [1.54, 1.807) is 0 Å². The molecule has 0 radical (unpaired) electrons. The van der Waals surface area contributed by atoms with Crippen LogP contribution in [0.1, 0.15) is 11.5 Å². The van der Waals surface area contributed by atoms with Crippen LogP contribution in [0.25, 0.3) is 0 Å². The summed E-state index contributed by atoms with van der Waals surface area (Å²) in [5.41, 5.74) is 1.43. The maximum Gasteiger partial charge on any atom is 0.0408 e. The molecule has 1 aromatic rings. The van der Waals surface area contributed by atoms with Gasteiger partial charge in [0.1, 0.15) is 0 Å². The minimum absolute atomic E-state index is 0.792. The second-order valence-corrected chi connectivity index (χ2v) is 4.50. The van der Waals surface area contributed by atoms with Gasteiger partial charge in [-0.25, -0.2) is 0 Å². The normalized spacial score (nSPS) is 35.9. The summed E-state index contributed by atoms with van der Waals surface area (Å²) in [6, 6.07) is 8.32. The second-order valence-electron chi connectivity index (χ2n) is 4.07. The van der Waals surface area contributed by atoms with Crippen LogP contribution in [-0.4, -0.2) is 13.1 Å². The van der Waals surface area contributed by atoms with Crippen LogP contribution in [0, 0.1) is 11.8 Å². The van der Waals surface area contributed by atoms with Gasteiger partial charge in [0.05, 0.1) is 0 Å². The average Bonchev–Trinajstić information content (AvgIpc) is 2.61. The maximum absolute atomic E-state index is 5.96. The van der Waals surface area contributed by atoms with Gasteiger partial charge in [0.2, 0.25) is 0 Å². The van der Waals surface area contributed by atoms with Gasteiger partial charge in [0.25, 0.3) is 0 Å². The summed E-state index contributed by atoms with van der Waals surface area (Å²) in [6.07, 6.45) is 0. The van der Waals surface area contributed by atoms with Crippen LogP contribution in [0.2, 0.25) is 5.02 Å². The Morgan fingerprint density at radius 2 is 2.00 bits per heavy atom. The molecule has 0 spiro atoms. The first-order chi connectivity index (χ1) is 6.36. The van der Waals surface area contributed by atoms with E-state index in [-0.39, 0.29) is 0 Å². The second kappa shape index (κ2) is 2.73. The van der Waals surface area contributed by atoms with Crippen LogP contribution in [-0.2, 0) is 0 Å². The van der Waals surface area contributed by atoms with Gasteiger partial charge < -0.3 is 5.32 Å². The molecule has 13 heavy (non-hydrogen) atoms. The highest BCUT2D eigenvalue weighted by Crippen LogP contribution is 2.55. The fourth-order valence-corrected chi connectivity index (χ4v) is 2.83. The van der Waals surface area contributed by atoms with Crippen molar-refractivity contribution in [1.29, 1.82) is 0 Å². The first kappa shape index (κ1) is 7.84. The van der Waals surface area contributed by atoms with E-state index >= 15 is 0 Å². The molecule has 1 aliphatic carbocycles. The number of nitrogens with one attached hydrogen (secondary N) is 1. The van der Waals surface area contributed by atoms with Crippen LogP contribution in [0.5, 0.6) is 0 Å². The van der Waals surface area contributed by atoms with Crippen LogP contribution in [0.4, 0.5) is 0 Å². The smallest absolute Gasteiger partial charge is 0.0408 e. The summed E-state index contributed by atoms with van der Waals surface area (Å²) in [5, 5.41) is 4.27. The third-order valence-electron chi connectivity index (χ3n) is 3.33. The predicted molar refractivity (Wildman–Crippen MR) is 54.0 cm³/mol. The van der Waals surface area contributed by atoms with Gasteiger partial charge in [-0.15, -0.1) is 0 Å². The van der Waals surface area contributed by atoms with Gasteiger partial charge in [-0.05, 0) is 48.5 Å². The van der Waals surface area contributed by atoms with Crippen molar-refractivity contribution in [3.63, 3.8) is 0 Å². The third-order valence-corrected chi connectivity index (χ3v) is 3.56. The van der Waals surface area contributed by atoms with Crippen molar-refractivity contribution in [2.75, 3.05) is 13.1 Å². The van der Waals surface area contributed by atoms with Gasteiger partial charge >= 0.3 is 0 Å². The standard InChI is InChI=1S/C11H12ClN/c12-8-3-1-2-7(4-8)11-9-5-13-6-10(9)11/h1-4,9-11,13H,5-6H2. The largest absolute Gasteiger partial charge is 0.316 e. The minimum atomic E-state index is 0.792. The van der Waals surface area contributed by atoms with Crippen molar-refractivity contribution >= 4 is 11.6 Å². The molecule has 2 fully saturated rings. The van der Waals surface area contributed by atoms with Gasteiger partial charge in [-0.2, -0.15) is 0 Å². The molecular formula is C11H12ClN. The first-order valence-electron chi connectivity index (χ1n) is 4.82. The molecule has 2 atom stereocenters. The highest BCUT2D eigenvalue weighted by Gasteiger charge is 2.53. The van der Waals surface area contributed by atoms with Gasteiger partial charge in [0.15, 0.2) is 0 Å². The van der Waals surface area contributed by atoms with E-state index in [2.05, 4.69) is 23.5 Å². The van der Waals surface area contributed by atoms with Crippen molar-refractivity contribution in [2.24, 2.45) is 11.8 Å². The summed E-state index contributed by atoms with van der Waals surface area (Å²) in [4.78, 5) is 0. The van der Waals surface area contributed by atoms with E-state index in [0.29, 0.717) is 0 Å². The lowest BCUT2D eigenvalue weighted by molar-refractivity contribution is 0.684. The Hall–Kier alpha value is -0.530. The van der Waals surface area contributed by atoms with E-state index < -0.39 is 0 Å². The molecule has 2 heteroatoms. The quantitative estimate of drug-likeness (QED) is 0.722. The van der Waals surface area contributed by atoms with Crippen LogP contribution in [0.15, 0.2) is 24.3 Å². The predicted octanol–water partition coefficient (Wildman–Crippen LogP) is 2.27. The summed E-state index contributed by atoms with van der Waals surface area (Å²) in [5.74, 6) is 2.57. The Morgan fingerprint density at radius 1 is 1.23 bits per heavy atom. The topological polar surface area (TPSA) is 12.0 Å². The summed E-state index contributed by atoms with van der Waals surface area (Å²) >= 11 is 5.96. The zero-order valence-electron chi connectivity index (χ0n) is 7.33. The van der Waals surface area contributed by atoms with Crippen LogP contribution in [0.3, 0.4) is 0 Å². The lowest BCUT2D eigenvalue weighted by Crippen LogP contribution is -2.13. The molecule has 3 rings (SSSR count). The lowest BCUT2D eigenvalue weighted by atomic mass is 10.1. The van der Waals surface area contributed by atoms with Crippen molar-refractivity contribution in [2.45, 2.75) is 5.92 Å². The number of hydrogen-bond acceptors (Lipinski definition) is 1. The van der Waals surface area contributed by atoms with Crippen molar-refractivity contribution in [3.05, 3.63) is 34.9 Å². The molecule has 1 saturated heterocycles. The summed E-state index contributed by atoms with van der Waals surface area (Å²) < 4.78 is 0. The van der Waals surface area contributed by atoms with Gasteiger partial charge in [-0.1, -0.05) is 23.7 Å². The molecule has 1 aromatic carbocycles. The molecule has 1 nitrogen and oxygen atoms in total. The zero-order valence-corrected chi connectivity index (χ0v) is 8.09. The summed E-state index contributed by atoms with van der Waals surface area (Å²) in [6.45, 7) is 2.39. The Balaban J connectivity index is 1.87. The Morgan fingerprint density at radius 3 is 2.69 bits per heavy atom. The molecule has 2 unspecified atom stereocenters. The molecule has 2 aliphatic rings. The number of halogens is 1. The van der Waals surface area contributed by atoms with E-state index in [9.17, 15) is 0 Å². The Bertz CT molecular complexity index is 327. The minimum Gasteiger partial charge on any atom is -0.316 e. The monoisotopic (exact) mass is 193 g/mol. The van der Waals surface area contributed by atoms with Crippen molar-refractivity contribution < 1.29 is 0 Å². The van der Waals surface area contributed by atoms with Crippen LogP contribution >= 0.6 is 11.6 Å². The van der Waals surface area contributed by atoms with E-state index in [1.165, 1.54) is 18.7 Å². The Kier molecular flexibility index (Phi) is 1.64. The fourth-order valence-electron chi connectivity index (χ4n) is 2.63. The number of fused-ring (bicyclic) bond motifs is 1. The van der Waals surface area contributed by atoms with E-state index in [0.717, 1.165) is 22.8 Å². The number of rotatable bonds is 1. The molecule has 0 aromatic heterocycles. The van der Waals surface area contributed by atoms with E-state index in [4.69, 9.17) is 11.6 Å². The zero-order chi connectivity index (χ0) is 8.84. The molecule has 1 aliphatic heterocycles. The first-order valence-corrected chi connectivity index (χ1v) is 5.20. The molecule has 68 valence electrons. The van der Waals surface area contributed by atoms with Crippen molar-refractivity contribution in [3.8, 4) is 0 Å².